The zero-order chi connectivity index (χ0) is 10.8. The summed E-state index contributed by atoms with van der Waals surface area (Å²) in [6.07, 6.45) is 3.61. The van der Waals surface area contributed by atoms with Gasteiger partial charge in [0.05, 0.1) is 6.42 Å². The standard InChI is InChI=1S/C12H12O3/c13-11-4-3-9-2-1-8(6-12(14)15)5-10(9)7-11/h3-5,7,13H,1-2,6H2,(H,14,15). The van der Waals surface area contributed by atoms with Crippen LogP contribution in [0.2, 0.25) is 0 Å². The van der Waals surface area contributed by atoms with E-state index in [0.717, 1.165) is 24.0 Å². The lowest BCUT2D eigenvalue weighted by Crippen LogP contribution is -2.03. The van der Waals surface area contributed by atoms with E-state index in [-0.39, 0.29) is 12.2 Å². The molecular formula is C12H12O3. The predicted octanol–water partition coefficient (Wildman–Crippen LogP) is 2.20. The summed E-state index contributed by atoms with van der Waals surface area (Å²) >= 11 is 0. The Morgan fingerprint density at radius 1 is 1.33 bits per heavy atom. The fourth-order valence-electron chi connectivity index (χ4n) is 1.87. The van der Waals surface area contributed by atoms with Crippen molar-refractivity contribution in [3.63, 3.8) is 0 Å². The molecule has 3 heteroatoms. The minimum absolute atomic E-state index is 0.0924. The van der Waals surface area contributed by atoms with Crippen LogP contribution < -0.4 is 0 Å². The quantitative estimate of drug-likeness (QED) is 0.776. The zero-order valence-electron chi connectivity index (χ0n) is 8.23. The number of carboxylic acid groups (broad SMARTS) is 1. The van der Waals surface area contributed by atoms with Crippen LogP contribution in [0.1, 0.15) is 24.0 Å². The van der Waals surface area contributed by atoms with Crippen LogP contribution in [0.4, 0.5) is 0 Å². The largest absolute Gasteiger partial charge is 0.508 e. The van der Waals surface area contributed by atoms with E-state index in [1.165, 1.54) is 5.56 Å². The van der Waals surface area contributed by atoms with Gasteiger partial charge in [0.25, 0.3) is 0 Å². The average molecular weight is 204 g/mol. The summed E-state index contributed by atoms with van der Waals surface area (Å²) in [5.74, 6) is -0.577. The van der Waals surface area contributed by atoms with Crippen LogP contribution in [-0.4, -0.2) is 16.2 Å². The second-order valence-electron chi connectivity index (χ2n) is 3.76. The molecule has 78 valence electrons. The van der Waals surface area contributed by atoms with E-state index in [9.17, 15) is 9.90 Å². The van der Waals surface area contributed by atoms with Crippen molar-refractivity contribution in [1.29, 1.82) is 0 Å². The number of aliphatic carboxylic acids is 1. The first-order chi connectivity index (χ1) is 7.15. The maximum absolute atomic E-state index is 10.6. The van der Waals surface area contributed by atoms with E-state index in [1.54, 1.807) is 12.1 Å². The highest BCUT2D eigenvalue weighted by Crippen LogP contribution is 2.28. The molecule has 0 bridgehead atoms. The number of rotatable bonds is 2. The Balaban J connectivity index is 2.31. The maximum atomic E-state index is 10.6. The molecule has 0 atom stereocenters. The van der Waals surface area contributed by atoms with Crippen LogP contribution in [0.5, 0.6) is 5.75 Å². The fraction of sp³-hybridized carbons (Fsp3) is 0.250. The lowest BCUT2D eigenvalue weighted by atomic mass is 9.91. The zero-order valence-corrected chi connectivity index (χ0v) is 8.23. The second-order valence-corrected chi connectivity index (χ2v) is 3.76. The smallest absolute Gasteiger partial charge is 0.307 e. The Hall–Kier alpha value is -1.77. The van der Waals surface area contributed by atoms with E-state index < -0.39 is 5.97 Å². The topological polar surface area (TPSA) is 57.5 Å². The number of phenols is 1. The Bertz CT molecular complexity index is 432. The minimum Gasteiger partial charge on any atom is -0.508 e. The molecule has 2 N–H and O–H groups in total. The van der Waals surface area contributed by atoms with Crippen molar-refractivity contribution in [2.24, 2.45) is 0 Å². The summed E-state index contributed by atoms with van der Waals surface area (Å²) in [6, 6.07) is 5.23. The summed E-state index contributed by atoms with van der Waals surface area (Å²) in [4.78, 5) is 10.6. The van der Waals surface area contributed by atoms with E-state index in [0.29, 0.717) is 0 Å². The SMILES string of the molecule is O=C(O)CC1=Cc2cc(O)ccc2CC1. The lowest BCUT2D eigenvalue weighted by Gasteiger charge is -2.15. The first-order valence-corrected chi connectivity index (χ1v) is 4.88. The summed E-state index contributed by atoms with van der Waals surface area (Å²) < 4.78 is 0. The molecule has 1 aliphatic rings. The van der Waals surface area contributed by atoms with Crippen LogP contribution in [0.25, 0.3) is 6.08 Å². The number of hydrogen-bond acceptors (Lipinski definition) is 2. The molecule has 0 aliphatic heterocycles. The van der Waals surface area contributed by atoms with Crippen molar-refractivity contribution in [3.8, 4) is 5.75 Å². The van der Waals surface area contributed by atoms with E-state index >= 15 is 0 Å². The van der Waals surface area contributed by atoms with E-state index in [4.69, 9.17) is 5.11 Å². The molecule has 1 aromatic rings. The minimum atomic E-state index is -0.801. The normalized spacial score (nSPS) is 14.3. The second kappa shape index (κ2) is 3.77. The molecule has 3 nitrogen and oxygen atoms in total. The van der Waals surface area contributed by atoms with E-state index in [1.807, 2.05) is 12.1 Å². The third kappa shape index (κ3) is 2.18. The van der Waals surface area contributed by atoms with Gasteiger partial charge in [-0.2, -0.15) is 0 Å². The van der Waals surface area contributed by atoms with Gasteiger partial charge < -0.3 is 10.2 Å². The number of aromatic hydroxyl groups is 1. The Morgan fingerprint density at radius 2 is 2.13 bits per heavy atom. The van der Waals surface area contributed by atoms with Gasteiger partial charge in [-0.15, -0.1) is 0 Å². The van der Waals surface area contributed by atoms with Gasteiger partial charge in [0.15, 0.2) is 0 Å². The van der Waals surface area contributed by atoms with Crippen LogP contribution in [-0.2, 0) is 11.2 Å². The van der Waals surface area contributed by atoms with Gasteiger partial charge in [-0.3, -0.25) is 4.79 Å². The molecule has 1 aliphatic carbocycles. The van der Waals surface area contributed by atoms with Gasteiger partial charge in [-0.25, -0.2) is 0 Å². The Morgan fingerprint density at radius 3 is 2.87 bits per heavy atom. The average Bonchev–Trinajstić information content (AvgIpc) is 2.16. The number of fused-ring (bicyclic) bond motifs is 1. The number of benzene rings is 1. The van der Waals surface area contributed by atoms with Crippen molar-refractivity contribution in [2.75, 3.05) is 0 Å². The number of phenolic OH excluding ortho intramolecular Hbond substituents is 1. The third-order valence-electron chi connectivity index (χ3n) is 2.58. The molecule has 15 heavy (non-hydrogen) atoms. The molecule has 0 heterocycles. The van der Waals surface area contributed by atoms with Crippen molar-refractivity contribution in [1.82, 2.24) is 0 Å². The molecular weight excluding hydrogens is 192 g/mol. The van der Waals surface area contributed by atoms with Crippen LogP contribution in [0, 0.1) is 0 Å². The van der Waals surface area contributed by atoms with Crippen LogP contribution in [0.3, 0.4) is 0 Å². The van der Waals surface area contributed by atoms with Crippen LogP contribution >= 0.6 is 0 Å². The van der Waals surface area contributed by atoms with Crippen LogP contribution in [0.15, 0.2) is 23.8 Å². The Labute approximate surface area is 87.7 Å². The number of carboxylic acids is 1. The molecule has 0 saturated heterocycles. The van der Waals surface area contributed by atoms with Crippen molar-refractivity contribution in [2.45, 2.75) is 19.3 Å². The van der Waals surface area contributed by atoms with Crippen molar-refractivity contribution < 1.29 is 15.0 Å². The highest BCUT2D eigenvalue weighted by molar-refractivity contribution is 5.74. The van der Waals surface area contributed by atoms with E-state index in [2.05, 4.69) is 0 Å². The van der Waals surface area contributed by atoms with Gasteiger partial charge in [0.2, 0.25) is 0 Å². The molecule has 1 aromatic carbocycles. The molecule has 0 unspecified atom stereocenters. The molecule has 0 amide bonds. The number of aryl methyl sites for hydroxylation is 1. The highest BCUT2D eigenvalue weighted by Gasteiger charge is 2.12. The van der Waals surface area contributed by atoms with Gasteiger partial charge in [0.1, 0.15) is 5.75 Å². The first kappa shape index (κ1) is 9.77. The first-order valence-electron chi connectivity index (χ1n) is 4.88. The molecule has 0 saturated carbocycles. The molecule has 0 fully saturated rings. The van der Waals surface area contributed by atoms with Gasteiger partial charge >= 0.3 is 5.97 Å². The number of hydrogen-bond donors (Lipinski definition) is 2. The molecule has 2 rings (SSSR count). The third-order valence-corrected chi connectivity index (χ3v) is 2.58. The fourth-order valence-corrected chi connectivity index (χ4v) is 1.87. The summed E-state index contributed by atoms with van der Waals surface area (Å²) in [5, 5.41) is 18.0. The van der Waals surface area contributed by atoms with Gasteiger partial charge in [-0.05, 0) is 36.1 Å². The lowest BCUT2D eigenvalue weighted by molar-refractivity contribution is -0.136. The number of carbonyl (C=O) groups is 1. The Kier molecular flexibility index (Phi) is 2.46. The molecule has 0 spiro atoms. The highest BCUT2D eigenvalue weighted by atomic mass is 16.4. The summed E-state index contributed by atoms with van der Waals surface area (Å²) in [6.45, 7) is 0. The maximum Gasteiger partial charge on any atom is 0.307 e. The van der Waals surface area contributed by atoms with Gasteiger partial charge in [-0.1, -0.05) is 17.7 Å². The molecule has 0 radical (unpaired) electrons. The van der Waals surface area contributed by atoms with Gasteiger partial charge in [0, 0.05) is 0 Å². The monoisotopic (exact) mass is 204 g/mol. The van der Waals surface area contributed by atoms with Crippen molar-refractivity contribution in [3.05, 3.63) is 34.9 Å². The van der Waals surface area contributed by atoms with Crippen molar-refractivity contribution >= 4 is 12.0 Å². The summed E-state index contributed by atoms with van der Waals surface area (Å²) in [7, 11) is 0. The predicted molar refractivity (Wildman–Crippen MR) is 56.7 cm³/mol. The summed E-state index contributed by atoms with van der Waals surface area (Å²) in [5.41, 5.74) is 3.03. The molecule has 0 aromatic heterocycles.